The molecule has 0 aliphatic heterocycles. The number of rotatable bonds is 9. The van der Waals surface area contributed by atoms with E-state index in [1.165, 1.54) is 17.3 Å². The van der Waals surface area contributed by atoms with Crippen LogP contribution < -0.4 is 5.32 Å². The summed E-state index contributed by atoms with van der Waals surface area (Å²) in [5, 5.41) is 12.2. The first-order chi connectivity index (χ1) is 13.7. The lowest BCUT2D eigenvalue weighted by Crippen LogP contribution is -2.15. The molecular weight excluding hydrogens is 374 g/mol. The zero-order valence-corrected chi connectivity index (χ0v) is 16.8. The summed E-state index contributed by atoms with van der Waals surface area (Å²) in [6.45, 7) is 3.22. The minimum Gasteiger partial charge on any atom is -0.383 e. The van der Waals surface area contributed by atoms with E-state index in [-0.39, 0.29) is 11.7 Å². The molecule has 1 aromatic carbocycles. The molecule has 1 amide bonds. The Morgan fingerprint density at radius 1 is 1.21 bits per heavy atom. The Morgan fingerprint density at radius 3 is 2.79 bits per heavy atom. The van der Waals surface area contributed by atoms with Crippen molar-refractivity contribution in [1.82, 2.24) is 19.7 Å². The van der Waals surface area contributed by atoms with E-state index < -0.39 is 0 Å². The molecular formula is C20H23N5O2S. The van der Waals surface area contributed by atoms with Crippen LogP contribution in [0.4, 0.5) is 5.69 Å². The molecule has 3 aromatic rings. The van der Waals surface area contributed by atoms with E-state index in [1.54, 1.807) is 19.5 Å². The van der Waals surface area contributed by atoms with Crippen LogP contribution in [0.1, 0.15) is 12.5 Å². The van der Waals surface area contributed by atoms with E-state index in [9.17, 15) is 4.79 Å². The molecule has 0 saturated heterocycles. The predicted octanol–water partition coefficient (Wildman–Crippen LogP) is 3.28. The van der Waals surface area contributed by atoms with Gasteiger partial charge in [-0.05, 0) is 36.2 Å². The summed E-state index contributed by atoms with van der Waals surface area (Å²) in [6.07, 6.45) is 4.36. The van der Waals surface area contributed by atoms with E-state index in [4.69, 9.17) is 4.74 Å². The summed E-state index contributed by atoms with van der Waals surface area (Å²) in [5.41, 5.74) is 2.92. The number of aryl methyl sites for hydroxylation is 1. The first-order valence-corrected chi connectivity index (χ1v) is 10.0. The lowest BCUT2D eigenvalue weighted by molar-refractivity contribution is -0.113. The highest BCUT2D eigenvalue weighted by Crippen LogP contribution is 2.24. The first kappa shape index (κ1) is 20.0. The molecule has 0 atom stereocenters. The molecule has 7 nitrogen and oxygen atoms in total. The zero-order chi connectivity index (χ0) is 19.8. The van der Waals surface area contributed by atoms with Crippen molar-refractivity contribution >= 4 is 23.4 Å². The molecule has 28 heavy (non-hydrogen) atoms. The zero-order valence-electron chi connectivity index (χ0n) is 16.0. The van der Waals surface area contributed by atoms with Crippen LogP contribution >= 0.6 is 11.8 Å². The van der Waals surface area contributed by atoms with Gasteiger partial charge >= 0.3 is 0 Å². The topological polar surface area (TPSA) is 81.9 Å². The van der Waals surface area contributed by atoms with Crippen LogP contribution in [0.2, 0.25) is 0 Å². The number of ether oxygens (including phenoxy) is 1. The van der Waals surface area contributed by atoms with Crippen molar-refractivity contribution in [2.75, 3.05) is 24.8 Å². The van der Waals surface area contributed by atoms with Crippen LogP contribution in [0.15, 0.2) is 53.9 Å². The summed E-state index contributed by atoms with van der Waals surface area (Å²) < 4.78 is 7.18. The third-order valence-corrected chi connectivity index (χ3v) is 5.09. The van der Waals surface area contributed by atoms with Gasteiger partial charge in [0.15, 0.2) is 11.0 Å². The minimum atomic E-state index is -0.0787. The normalized spacial score (nSPS) is 10.8. The average molecular weight is 398 g/mol. The molecule has 0 saturated carbocycles. The van der Waals surface area contributed by atoms with Gasteiger partial charge in [-0.2, -0.15) is 0 Å². The van der Waals surface area contributed by atoms with Gasteiger partial charge in [0.05, 0.1) is 18.9 Å². The molecule has 3 rings (SSSR count). The fourth-order valence-electron chi connectivity index (χ4n) is 2.69. The molecule has 0 aliphatic carbocycles. The maximum atomic E-state index is 12.4. The molecule has 0 unspecified atom stereocenters. The lowest BCUT2D eigenvalue weighted by atomic mass is 10.1. The quantitative estimate of drug-likeness (QED) is 0.558. The Hall–Kier alpha value is -2.71. The smallest absolute Gasteiger partial charge is 0.234 e. The molecule has 0 fully saturated rings. The number of carbonyl (C=O) groups excluding carboxylic acids is 1. The summed E-state index contributed by atoms with van der Waals surface area (Å²) in [7, 11) is 1.65. The summed E-state index contributed by atoms with van der Waals surface area (Å²) in [4.78, 5) is 16.4. The largest absolute Gasteiger partial charge is 0.383 e. The van der Waals surface area contributed by atoms with Gasteiger partial charge in [-0.3, -0.25) is 14.3 Å². The van der Waals surface area contributed by atoms with Gasteiger partial charge in [0.25, 0.3) is 0 Å². The summed E-state index contributed by atoms with van der Waals surface area (Å²) in [5.74, 6) is 0.903. The van der Waals surface area contributed by atoms with E-state index >= 15 is 0 Å². The van der Waals surface area contributed by atoms with Crippen LogP contribution in [0.25, 0.3) is 11.4 Å². The lowest BCUT2D eigenvalue weighted by Gasteiger charge is -2.10. The van der Waals surface area contributed by atoms with E-state index in [0.29, 0.717) is 18.3 Å². The van der Waals surface area contributed by atoms with Crippen LogP contribution in [0, 0.1) is 0 Å². The van der Waals surface area contributed by atoms with Crippen molar-refractivity contribution < 1.29 is 9.53 Å². The van der Waals surface area contributed by atoms with Crippen LogP contribution in [-0.4, -0.2) is 45.1 Å². The number of amides is 1. The second-order valence-electron chi connectivity index (χ2n) is 6.08. The number of thioether (sulfide) groups is 1. The summed E-state index contributed by atoms with van der Waals surface area (Å²) >= 11 is 1.36. The van der Waals surface area contributed by atoms with Gasteiger partial charge in [0.2, 0.25) is 5.91 Å². The van der Waals surface area contributed by atoms with Crippen molar-refractivity contribution in [3.8, 4) is 11.4 Å². The van der Waals surface area contributed by atoms with Crippen LogP contribution in [0.3, 0.4) is 0 Å². The number of aromatic nitrogens is 4. The number of pyridine rings is 1. The number of nitrogens with one attached hydrogen (secondary N) is 1. The number of benzene rings is 1. The van der Waals surface area contributed by atoms with Gasteiger partial charge in [-0.15, -0.1) is 10.2 Å². The number of anilines is 1. The molecule has 2 heterocycles. The second kappa shape index (κ2) is 10.0. The highest BCUT2D eigenvalue weighted by molar-refractivity contribution is 7.99. The fourth-order valence-corrected chi connectivity index (χ4v) is 3.45. The van der Waals surface area contributed by atoms with E-state index in [2.05, 4.69) is 27.4 Å². The third-order valence-electron chi connectivity index (χ3n) is 4.13. The maximum absolute atomic E-state index is 12.4. The van der Waals surface area contributed by atoms with Crippen molar-refractivity contribution in [3.63, 3.8) is 0 Å². The standard InChI is InChI=1S/C20H23N5O2S/c1-3-15-5-4-6-17(13-15)22-18(26)14-28-20-24-23-19(25(20)11-12-27-2)16-7-9-21-10-8-16/h4-10,13H,3,11-12,14H2,1-2H3,(H,22,26). The average Bonchev–Trinajstić information content (AvgIpc) is 3.14. The fraction of sp³-hybridized carbons (Fsp3) is 0.300. The molecule has 0 spiro atoms. The van der Waals surface area contributed by atoms with Gasteiger partial charge in [-0.25, -0.2) is 0 Å². The SMILES string of the molecule is CCc1cccc(NC(=O)CSc2nnc(-c3ccncc3)n2CCOC)c1. The maximum Gasteiger partial charge on any atom is 0.234 e. The van der Waals surface area contributed by atoms with Crippen molar-refractivity contribution in [1.29, 1.82) is 0 Å². The number of methoxy groups -OCH3 is 1. The Morgan fingerprint density at radius 2 is 2.04 bits per heavy atom. The van der Waals surface area contributed by atoms with Gasteiger partial charge < -0.3 is 10.1 Å². The Labute approximate surface area is 168 Å². The van der Waals surface area contributed by atoms with Crippen molar-refractivity contribution in [2.24, 2.45) is 0 Å². The van der Waals surface area contributed by atoms with Crippen molar-refractivity contribution in [2.45, 2.75) is 25.0 Å². The first-order valence-electron chi connectivity index (χ1n) is 9.05. The third kappa shape index (κ3) is 5.17. The van der Waals surface area contributed by atoms with E-state index in [1.807, 2.05) is 41.0 Å². The Balaban J connectivity index is 1.69. The van der Waals surface area contributed by atoms with Gasteiger partial charge in [0.1, 0.15) is 0 Å². The van der Waals surface area contributed by atoms with Crippen LogP contribution in [-0.2, 0) is 22.5 Å². The minimum absolute atomic E-state index is 0.0787. The van der Waals surface area contributed by atoms with Gasteiger partial charge in [-0.1, -0.05) is 30.8 Å². The molecule has 0 radical (unpaired) electrons. The molecule has 0 aliphatic rings. The molecule has 8 heteroatoms. The highest BCUT2D eigenvalue weighted by atomic mass is 32.2. The number of hydrogen-bond acceptors (Lipinski definition) is 6. The highest BCUT2D eigenvalue weighted by Gasteiger charge is 2.15. The molecule has 146 valence electrons. The number of carbonyl (C=O) groups is 1. The van der Waals surface area contributed by atoms with Gasteiger partial charge in [0, 0.05) is 30.8 Å². The Bertz CT molecular complexity index is 914. The number of nitrogens with zero attached hydrogens (tertiary/aromatic N) is 4. The molecule has 1 N–H and O–H groups in total. The van der Waals surface area contributed by atoms with Crippen LogP contribution in [0.5, 0.6) is 0 Å². The monoisotopic (exact) mass is 397 g/mol. The van der Waals surface area contributed by atoms with E-state index in [0.717, 1.165) is 23.5 Å². The molecule has 2 aromatic heterocycles. The predicted molar refractivity (Wildman–Crippen MR) is 110 cm³/mol. The summed E-state index contributed by atoms with van der Waals surface area (Å²) in [6, 6.07) is 11.6. The van der Waals surface area contributed by atoms with Crippen molar-refractivity contribution in [3.05, 3.63) is 54.4 Å². The number of hydrogen-bond donors (Lipinski definition) is 1. The molecule has 0 bridgehead atoms. The Kier molecular flexibility index (Phi) is 7.16. The second-order valence-corrected chi connectivity index (χ2v) is 7.02.